The number of aromatic nitrogens is 2. The second kappa shape index (κ2) is 11.0. The third-order valence-electron chi connectivity index (χ3n) is 4.87. The molecule has 0 unspecified atom stereocenters. The largest absolute Gasteiger partial charge is 0.477 e. The number of rotatable bonds is 7. The number of oxime groups is 1. The first-order valence-corrected chi connectivity index (χ1v) is 12.2. The van der Waals surface area contributed by atoms with Gasteiger partial charge in [0.25, 0.3) is 11.8 Å². The molecule has 1 radical (unpaired) electrons. The Kier molecular flexibility index (Phi) is 8.54. The molecule has 0 spiro atoms. The molecule has 0 aliphatic carbocycles. The SMILES string of the molecule is CO/N=C(\C(=O)N[C@@H]1C(=O)N2C(C(=O)O)=C(/C=C\c3scnc3C)CS[C@H]12)c1csc(N)n1.[HH].[Na]. The van der Waals surface area contributed by atoms with Gasteiger partial charge in [0.15, 0.2) is 10.8 Å². The molecular formula is C19H20N6NaO5S3. The summed E-state index contributed by atoms with van der Waals surface area (Å²) in [5, 5.41) is 17.4. The molecule has 175 valence electrons. The second-order valence-electron chi connectivity index (χ2n) is 6.87. The molecule has 4 N–H and O–H groups in total. The number of carboxylic acid groups (broad SMARTS) is 1. The number of allylic oxidation sites excluding steroid dienone is 1. The van der Waals surface area contributed by atoms with Crippen molar-refractivity contribution in [3.05, 3.63) is 44.5 Å². The van der Waals surface area contributed by atoms with Crippen molar-refractivity contribution in [2.45, 2.75) is 18.3 Å². The molecule has 15 heteroatoms. The van der Waals surface area contributed by atoms with Crippen molar-refractivity contribution in [2.75, 3.05) is 18.6 Å². The maximum atomic E-state index is 12.9. The molecule has 4 heterocycles. The number of nitrogens with one attached hydrogen (secondary N) is 1. The first kappa shape index (κ1) is 26.4. The van der Waals surface area contributed by atoms with Crippen molar-refractivity contribution in [3.63, 3.8) is 0 Å². The Morgan fingerprint density at radius 3 is 2.76 bits per heavy atom. The number of thiazole rings is 2. The zero-order chi connectivity index (χ0) is 23.7. The maximum absolute atomic E-state index is 12.9. The van der Waals surface area contributed by atoms with Crippen molar-refractivity contribution < 1.29 is 25.8 Å². The molecule has 2 aliphatic rings. The number of aryl methyl sites for hydroxylation is 1. The van der Waals surface area contributed by atoms with Crippen molar-refractivity contribution in [3.8, 4) is 0 Å². The zero-order valence-electron chi connectivity index (χ0n) is 18.3. The molecule has 2 aromatic rings. The summed E-state index contributed by atoms with van der Waals surface area (Å²) >= 11 is 3.94. The summed E-state index contributed by atoms with van der Waals surface area (Å²) in [4.78, 5) is 52.7. The molecule has 2 amide bonds. The number of hydrogen-bond donors (Lipinski definition) is 3. The van der Waals surface area contributed by atoms with E-state index in [0.29, 0.717) is 11.3 Å². The molecule has 2 atom stereocenters. The van der Waals surface area contributed by atoms with Crippen LogP contribution in [0, 0.1) is 6.92 Å². The normalized spacial score (nSPS) is 20.0. The quantitative estimate of drug-likeness (QED) is 0.206. The Bertz CT molecular complexity index is 1230. The number of carbonyl (C=O) groups excluding carboxylic acids is 2. The number of fused-ring (bicyclic) bond motifs is 1. The van der Waals surface area contributed by atoms with E-state index in [4.69, 9.17) is 10.6 Å². The van der Waals surface area contributed by atoms with Crippen molar-refractivity contribution in [1.29, 1.82) is 0 Å². The number of carbonyl (C=O) groups is 3. The van der Waals surface area contributed by atoms with Gasteiger partial charge >= 0.3 is 5.97 Å². The minimum Gasteiger partial charge on any atom is -0.477 e. The predicted molar refractivity (Wildman–Crippen MR) is 134 cm³/mol. The summed E-state index contributed by atoms with van der Waals surface area (Å²) < 4.78 is 0. The number of anilines is 1. The smallest absolute Gasteiger partial charge is 0.352 e. The van der Waals surface area contributed by atoms with Gasteiger partial charge in [0.1, 0.15) is 29.9 Å². The molecule has 0 aromatic carbocycles. The molecule has 11 nitrogen and oxygen atoms in total. The Balaban J connectivity index is 0.00000216. The molecule has 2 aliphatic heterocycles. The van der Waals surface area contributed by atoms with E-state index < -0.39 is 29.2 Å². The summed E-state index contributed by atoms with van der Waals surface area (Å²) in [5.41, 5.74) is 8.68. The Hall–Kier alpha value is -2.23. The maximum Gasteiger partial charge on any atom is 0.352 e. The van der Waals surface area contributed by atoms with Crippen LogP contribution in [0.3, 0.4) is 0 Å². The van der Waals surface area contributed by atoms with Gasteiger partial charge in [0, 0.05) is 47.0 Å². The topological polar surface area (TPSA) is 160 Å². The molecule has 0 bridgehead atoms. The van der Waals surface area contributed by atoms with Crippen molar-refractivity contribution in [2.24, 2.45) is 5.16 Å². The van der Waals surface area contributed by atoms with Crippen LogP contribution >= 0.6 is 34.4 Å². The van der Waals surface area contributed by atoms with E-state index in [9.17, 15) is 19.5 Å². The van der Waals surface area contributed by atoms with Gasteiger partial charge in [-0.15, -0.1) is 34.4 Å². The van der Waals surface area contributed by atoms with Crippen LogP contribution in [-0.4, -0.2) is 97.3 Å². The molecule has 1 saturated heterocycles. The summed E-state index contributed by atoms with van der Waals surface area (Å²) in [6.45, 7) is 1.86. The van der Waals surface area contributed by atoms with Crippen LogP contribution < -0.4 is 11.1 Å². The van der Waals surface area contributed by atoms with Crippen LogP contribution in [0.1, 0.15) is 17.7 Å². The van der Waals surface area contributed by atoms with E-state index in [-0.39, 0.29) is 53.2 Å². The average Bonchev–Trinajstić information content (AvgIpc) is 3.40. The van der Waals surface area contributed by atoms with E-state index >= 15 is 0 Å². The van der Waals surface area contributed by atoms with Gasteiger partial charge in [-0.3, -0.25) is 14.5 Å². The fraction of sp³-hybridized carbons (Fsp3) is 0.263. The van der Waals surface area contributed by atoms with Crippen LogP contribution in [0.15, 0.2) is 33.4 Å². The minimum absolute atomic E-state index is 0. The molecule has 4 rings (SSSR count). The number of nitrogen functional groups attached to an aromatic ring is 1. The molecular weight excluding hydrogens is 511 g/mol. The molecule has 0 saturated carbocycles. The number of aliphatic carboxylic acids is 1. The molecule has 1 fully saturated rings. The fourth-order valence-corrected chi connectivity index (χ4v) is 5.88. The minimum atomic E-state index is -1.21. The fourth-order valence-electron chi connectivity index (χ4n) is 3.32. The number of thioether (sulfide) groups is 1. The Morgan fingerprint density at radius 1 is 1.41 bits per heavy atom. The standard InChI is InChI=1S/C19H18N6O5S3.Na.H2/c1-8-11(33-7-21-8)4-3-9-5-31-17-13(16(27)25(17)14(9)18(28)29)23-15(26)12(24-30-2)10-6-32-19(20)22-10;;/h3-4,6-7,13,17H,5H2,1-2H3,(H2,20,22)(H,23,26)(H,28,29);;1H/b4-3-,24-12-;;/t13-,17-;;/m1../s1. The first-order chi connectivity index (χ1) is 15.8. The summed E-state index contributed by atoms with van der Waals surface area (Å²) in [5.74, 6) is -2.04. The van der Waals surface area contributed by atoms with Gasteiger partial charge in [0.2, 0.25) is 0 Å². The Labute approximate surface area is 229 Å². The van der Waals surface area contributed by atoms with E-state index in [0.717, 1.165) is 21.9 Å². The summed E-state index contributed by atoms with van der Waals surface area (Å²) in [6.07, 6.45) is 3.49. The predicted octanol–water partition coefficient (Wildman–Crippen LogP) is 1.16. The van der Waals surface area contributed by atoms with Crippen molar-refractivity contribution in [1.82, 2.24) is 20.2 Å². The van der Waals surface area contributed by atoms with Crippen LogP contribution in [0.25, 0.3) is 6.08 Å². The van der Waals surface area contributed by atoms with Gasteiger partial charge in [-0.1, -0.05) is 11.2 Å². The number of amides is 2. The van der Waals surface area contributed by atoms with E-state index in [2.05, 4.69) is 20.4 Å². The van der Waals surface area contributed by atoms with Crippen LogP contribution in [0.5, 0.6) is 0 Å². The van der Waals surface area contributed by atoms with E-state index in [1.54, 1.807) is 23.0 Å². The summed E-state index contributed by atoms with van der Waals surface area (Å²) in [6, 6.07) is -0.913. The van der Waals surface area contributed by atoms with E-state index in [1.807, 2.05) is 6.92 Å². The Morgan fingerprint density at radius 2 is 2.18 bits per heavy atom. The number of nitrogens with two attached hydrogens (primary N) is 1. The van der Waals surface area contributed by atoms with Crippen LogP contribution in [0.2, 0.25) is 0 Å². The number of nitrogens with zero attached hydrogens (tertiary/aromatic N) is 4. The summed E-state index contributed by atoms with van der Waals surface area (Å²) in [7, 11) is 1.28. The van der Waals surface area contributed by atoms with Gasteiger partial charge in [0.05, 0.1) is 11.2 Å². The van der Waals surface area contributed by atoms with Gasteiger partial charge < -0.3 is 21.0 Å². The first-order valence-electron chi connectivity index (χ1n) is 9.44. The van der Waals surface area contributed by atoms with Crippen molar-refractivity contribution >= 4 is 98.7 Å². The van der Waals surface area contributed by atoms with Gasteiger partial charge in [-0.05, 0) is 18.6 Å². The number of carboxylic acids is 1. The molecule has 2 aromatic heterocycles. The van der Waals surface area contributed by atoms with Gasteiger partial charge in [-0.2, -0.15) is 0 Å². The van der Waals surface area contributed by atoms with Gasteiger partial charge in [-0.25, -0.2) is 14.8 Å². The number of β-lactam (4-membered cyclic amide) rings is 1. The van der Waals surface area contributed by atoms with E-state index in [1.165, 1.54) is 35.1 Å². The monoisotopic (exact) mass is 531 g/mol. The second-order valence-corrected chi connectivity index (χ2v) is 9.75. The third kappa shape index (κ3) is 5.06. The van der Waals surface area contributed by atoms with Crippen LogP contribution in [-0.2, 0) is 19.2 Å². The average molecular weight is 532 g/mol. The number of hydrogen-bond acceptors (Lipinski definition) is 11. The zero-order valence-corrected chi connectivity index (χ0v) is 22.8. The third-order valence-corrected chi connectivity index (χ3v) is 7.74. The molecule has 34 heavy (non-hydrogen) atoms. The van der Waals surface area contributed by atoms with Crippen LogP contribution in [0.4, 0.5) is 5.13 Å².